The molecule has 0 aliphatic heterocycles. The van der Waals surface area contributed by atoms with Gasteiger partial charge in [-0.1, -0.05) is 19.9 Å². The Morgan fingerprint density at radius 3 is 2.33 bits per heavy atom. The van der Waals surface area contributed by atoms with Crippen LogP contribution >= 0.6 is 0 Å². The molecule has 0 radical (unpaired) electrons. The SMILES string of the molecule is CCC(N)(CC)COc1cccc(OC(C)C)c1[N+](=O)[O-]. The molecule has 0 aliphatic carbocycles. The van der Waals surface area contributed by atoms with Crippen LogP contribution in [0.25, 0.3) is 0 Å². The first-order valence-corrected chi connectivity index (χ1v) is 7.18. The molecule has 118 valence electrons. The molecule has 0 saturated heterocycles. The molecule has 1 aromatic rings. The normalized spacial score (nSPS) is 11.5. The second kappa shape index (κ2) is 7.26. The van der Waals surface area contributed by atoms with Crippen molar-refractivity contribution in [2.24, 2.45) is 5.73 Å². The van der Waals surface area contributed by atoms with Crippen LogP contribution in [0.15, 0.2) is 18.2 Å². The van der Waals surface area contributed by atoms with Gasteiger partial charge >= 0.3 is 5.69 Å². The van der Waals surface area contributed by atoms with Gasteiger partial charge in [0.2, 0.25) is 11.5 Å². The summed E-state index contributed by atoms with van der Waals surface area (Å²) in [6.07, 6.45) is 1.32. The first kappa shape index (κ1) is 17.2. The predicted octanol–water partition coefficient (Wildman–Crippen LogP) is 3.28. The van der Waals surface area contributed by atoms with Gasteiger partial charge in [0.25, 0.3) is 0 Å². The number of para-hydroxylation sites is 1. The first-order chi connectivity index (χ1) is 9.83. The summed E-state index contributed by atoms with van der Waals surface area (Å²) in [6.45, 7) is 7.80. The third-order valence-corrected chi connectivity index (χ3v) is 3.43. The predicted molar refractivity (Wildman–Crippen MR) is 81.9 cm³/mol. The molecule has 21 heavy (non-hydrogen) atoms. The average Bonchev–Trinajstić information content (AvgIpc) is 2.43. The Morgan fingerprint density at radius 1 is 1.29 bits per heavy atom. The van der Waals surface area contributed by atoms with Crippen molar-refractivity contribution in [1.29, 1.82) is 0 Å². The molecular weight excluding hydrogens is 272 g/mol. The van der Waals surface area contributed by atoms with Crippen LogP contribution in [-0.4, -0.2) is 23.2 Å². The molecule has 0 aromatic heterocycles. The molecule has 0 unspecified atom stereocenters. The van der Waals surface area contributed by atoms with Crippen LogP contribution in [0.1, 0.15) is 40.5 Å². The fourth-order valence-corrected chi connectivity index (χ4v) is 1.82. The number of benzene rings is 1. The van der Waals surface area contributed by atoms with Gasteiger partial charge in [0.1, 0.15) is 6.61 Å². The summed E-state index contributed by atoms with van der Waals surface area (Å²) in [5, 5.41) is 11.3. The quantitative estimate of drug-likeness (QED) is 0.587. The van der Waals surface area contributed by atoms with Gasteiger partial charge in [0.05, 0.1) is 11.0 Å². The zero-order chi connectivity index (χ0) is 16.0. The molecule has 0 saturated carbocycles. The van der Waals surface area contributed by atoms with E-state index in [1.54, 1.807) is 18.2 Å². The van der Waals surface area contributed by atoms with Crippen LogP contribution in [0.2, 0.25) is 0 Å². The molecule has 0 atom stereocenters. The Morgan fingerprint density at radius 2 is 1.86 bits per heavy atom. The number of nitrogens with two attached hydrogens (primary N) is 1. The van der Waals surface area contributed by atoms with Crippen LogP contribution in [0.5, 0.6) is 11.5 Å². The maximum absolute atomic E-state index is 11.3. The average molecular weight is 296 g/mol. The third-order valence-electron chi connectivity index (χ3n) is 3.43. The highest BCUT2D eigenvalue weighted by atomic mass is 16.6. The fraction of sp³-hybridized carbons (Fsp3) is 0.600. The largest absolute Gasteiger partial charge is 0.485 e. The van der Waals surface area contributed by atoms with Crippen LogP contribution < -0.4 is 15.2 Å². The zero-order valence-electron chi connectivity index (χ0n) is 13.1. The molecular formula is C15H24N2O4. The van der Waals surface area contributed by atoms with E-state index in [1.807, 2.05) is 27.7 Å². The number of hydrogen-bond acceptors (Lipinski definition) is 5. The van der Waals surface area contributed by atoms with Gasteiger partial charge in [-0.3, -0.25) is 10.1 Å². The number of nitro groups is 1. The van der Waals surface area contributed by atoms with Gasteiger partial charge in [-0.2, -0.15) is 0 Å². The number of ether oxygens (including phenoxy) is 2. The van der Waals surface area contributed by atoms with E-state index in [0.29, 0.717) is 0 Å². The molecule has 0 aliphatic rings. The minimum atomic E-state index is -0.483. The lowest BCUT2D eigenvalue weighted by molar-refractivity contribution is -0.387. The molecule has 0 spiro atoms. The van der Waals surface area contributed by atoms with Gasteiger partial charge in [-0.25, -0.2) is 0 Å². The van der Waals surface area contributed by atoms with Gasteiger partial charge in [0, 0.05) is 5.54 Å². The van der Waals surface area contributed by atoms with Crippen molar-refractivity contribution in [1.82, 2.24) is 0 Å². The number of hydrogen-bond donors (Lipinski definition) is 1. The maximum Gasteiger partial charge on any atom is 0.352 e. The van der Waals surface area contributed by atoms with E-state index < -0.39 is 10.5 Å². The maximum atomic E-state index is 11.3. The Labute approximate surface area is 125 Å². The van der Waals surface area contributed by atoms with E-state index in [1.165, 1.54) is 0 Å². The van der Waals surface area contributed by atoms with Crippen LogP contribution in [0.4, 0.5) is 5.69 Å². The number of rotatable bonds is 8. The van der Waals surface area contributed by atoms with Crippen molar-refractivity contribution in [3.05, 3.63) is 28.3 Å². The lowest BCUT2D eigenvalue weighted by Crippen LogP contribution is -2.44. The van der Waals surface area contributed by atoms with Crippen LogP contribution in [0.3, 0.4) is 0 Å². The Balaban J connectivity index is 3.04. The van der Waals surface area contributed by atoms with Crippen molar-refractivity contribution in [2.75, 3.05) is 6.61 Å². The first-order valence-electron chi connectivity index (χ1n) is 7.18. The molecule has 6 nitrogen and oxygen atoms in total. The number of nitrogens with zero attached hydrogens (tertiary/aromatic N) is 1. The lowest BCUT2D eigenvalue weighted by Gasteiger charge is -2.26. The zero-order valence-corrected chi connectivity index (χ0v) is 13.1. The highest BCUT2D eigenvalue weighted by Crippen LogP contribution is 2.37. The summed E-state index contributed by atoms with van der Waals surface area (Å²) >= 11 is 0. The van der Waals surface area contributed by atoms with Crippen molar-refractivity contribution in [2.45, 2.75) is 52.2 Å². The minimum absolute atomic E-state index is 0.152. The van der Waals surface area contributed by atoms with Gasteiger partial charge in [-0.05, 0) is 38.8 Å². The summed E-state index contributed by atoms with van der Waals surface area (Å²) in [7, 11) is 0. The second-order valence-corrected chi connectivity index (χ2v) is 5.38. The standard InChI is InChI=1S/C15H24N2O4/c1-5-15(16,6-2)10-20-12-8-7-9-13(21-11(3)4)14(12)17(18)19/h7-9,11H,5-6,10,16H2,1-4H3. The molecule has 0 heterocycles. The Bertz CT molecular complexity index is 485. The molecule has 6 heteroatoms. The fourth-order valence-electron chi connectivity index (χ4n) is 1.82. The smallest absolute Gasteiger partial charge is 0.352 e. The summed E-state index contributed by atoms with van der Waals surface area (Å²) in [5.41, 5.74) is 5.53. The van der Waals surface area contributed by atoms with Gasteiger partial charge in [-0.15, -0.1) is 0 Å². The summed E-state index contributed by atoms with van der Waals surface area (Å²) in [6, 6.07) is 4.81. The van der Waals surface area contributed by atoms with Crippen LogP contribution in [0, 0.1) is 10.1 Å². The van der Waals surface area contributed by atoms with Crippen molar-refractivity contribution >= 4 is 5.69 Å². The topological polar surface area (TPSA) is 87.6 Å². The van der Waals surface area contributed by atoms with Crippen molar-refractivity contribution in [3.63, 3.8) is 0 Å². The van der Waals surface area contributed by atoms with E-state index in [-0.39, 0.29) is 29.9 Å². The summed E-state index contributed by atoms with van der Waals surface area (Å²) in [4.78, 5) is 10.8. The Hall–Kier alpha value is -1.82. The monoisotopic (exact) mass is 296 g/mol. The second-order valence-electron chi connectivity index (χ2n) is 5.38. The highest BCUT2D eigenvalue weighted by Gasteiger charge is 2.26. The molecule has 2 N–H and O–H groups in total. The van der Waals surface area contributed by atoms with Crippen molar-refractivity contribution < 1.29 is 14.4 Å². The van der Waals surface area contributed by atoms with E-state index in [0.717, 1.165) is 12.8 Å². The molecule has 1 aromatic carbocycles. The van der Waals surface area contributed by atoms with E-state index >= 15 is 0 Å². The lowest BCUT2D eigenvalue weighted by atomic mass is 9.96. The molecule has 0 amide bonds. The summed E-state index contributed by atoms with van der Waals surface area (Å²) in [5.74, 6) is 0.401. The van der Waals surface area contributed by atoms with E-state index in [2.05, 4.69) is 0 Å². The Kier molecular flexibility index (Phi) is 5.96. The number of nitro benzene ring substituents is 1. The molecule has 1 rings (SSSR count). The van der Waals surface area contributed by atoms with Gasteiger partial charge < -0.3 is 15.2 Å². The minimum Gasteiger partial charge on any atom is -0.485 e. The van der Waals surface area contributed by atoms with Gasteiger partial charge in [0.15, 0.2) is 0 Å². The van der Waals surface area contributed by atoms with Crippen LogP contribution in [-0.2, 0) is 0 Å². The van der Waals surface area contributed by atoms with E-state index in [4.69, 9.17) is 15.2 Å². The summed E-state index contributed by atoms with van der Waals surface area (Å²) < 4.78 is 11.1. The van der Waals surface area contributed by atoms with E-state index in [9.17, 15) is 10.1 Å². The molecule has 0 fully saturated rings. The highest BCUT2D eigenvalue weighted by molar-refractivity contribution is 5.57. The third kappa shape index (κ3) is 4.60. The molecule has 0 bridgehead atoms. The van der Waals surface area contributed by atoms with Crippen molar-refractivity contribution in [3.8, 4) is 11.5 Å².